The number of aromatic nitrogens is 2. The number of amides is 1. The number of nitrogens with one attached hydrogen (secondary N) is 1. The van der Waals surface area contributed by atoms with E-state index < -0.39 is 0 Å². The van der Waals surface area contributed by atoms with Crippen molar-refractivity contribution in [1.82, 2.24) is 15.0 Å². The van der Waals surface area contributed by atoms with Crippen LogP contribution in [-0.2, 0) is 0 Å². The number of hydrogen-bond donors (Lipinski definition) is 1. The van der Waals surface area contributed by atoms with Gasteiger partial charge in [0.25, 0.3) is 5.91 Å². The second-order valence-corrected chi connectivity index (χ2v) is 5.88. The number of hydrazone groups is 1. The Balaban J connectivity index is 1.82. The molecule has 0 unspecified atom stereocenters. The van der Waals surface area contributed by atoms with Crippen LogP contribution in [0, 0.1) is 20.8 Å². The summed E-state index contributed by atoms with van der Waals surface area (Å²) in [5.74, 6) is -0.258. The van der Waals surface area contributed by atoms with E-state index in [9.17, 15) is 4.79 Å². The van der Waals surface area contributed by atoms with Gasteiger partial charge in [-0.1, -0.05) is 18.2 Å². The van der Waals surface area contributed by atoms with Gasteiger partial charge >= 0.3 is 0 Å². The maximum Gasteiger partial charge on any atom is 0.271 e. The third-order valence-corrected chi connectivity index (χ3v) is 4.14. The minimum absolute atomic E-state index is 0.258. The molecular formula is C20H20N4O. The molecule has 0 aliphatic carbocycles. The monoisotopic (exact) mass is 332 g/mol. The van der Waals surface area contributed by atoms with Crippen LogP contribution in [0.15, 0.2) is 60.0 Å². The predicted molar refractivity (Wildman–Crippen MR) is 99.3 cm³/mol. The first-order chi connectivity index (χ1) is 12.1. The molecule has 1 aromatic carbocycles. The lowest BCUT2D eigenvalue weighted by Crippen LogP contribution is -2.17. The summed E-state index contributed by atoms with van der Waals surface area (Å²) >= 11 is 0. The average molecular weight is 332 g/mol. The van der Waals surface area contributed by atoms with Crippen molar-refractivity contribution in [3.05, 3.63) is 82.9 Å². The van der Waals surface area contributed by atoms with Crippen LogP contribution in [0.4, 0.5) is 0 Å². The number of carbonyl (C=O) groups is 1. The Morgan fingerprint density at radius 1 is 1.12 bits per heavy atom. The number of pyridine rings is 1. The lowest BCUT2D eigenvalue weighted by atomic mass is 10.2. The smallest absolute Gasteiger partial charge is 0.271 e. The van der Waals surface area contributed by atoms with Crippen LogP contribution in [0.3, 0.4) is 0 Å². The molecule has 0 saturated heterocycles. The Kier molecular flexibility index (Phi) is 4.75. The molecule has 2 heterocycles. The first-order valence-corrected chi connectivity index (χ1v) is 8.06. The molecular weight excluding hydrogens is 312 g/mol. The minimum Gasteiger partial charge on any atom is -0.318 e. The molecule has 3 aromatic rings. The van der Waals surface area contributed by atoms with Crippen molar-refractivity contribution in [3.63, 3.8) is 0 Å². The highest BCUT2D eigenvalue weighted by Gasteiger charge is 2.11. The summed E-state index contributed by atoms with van der Waals surface area (Å²) in [6.07, 6.45) is 4.83. The minimum atomic E-state index is -0.258. The van der Waals surface area contributed by atoms with Crippen molar-refractivity contribution in [3.8, 4) is 5.69 Å². The molecule has 3 rings (SSSR count). The van der Waals surface area contributed by atoms with Gasteiger partial charge in [-0.25, -0.2) is 5.43 Å². The molecule has 5 nitrogen and oxygen atoms in total. The number of para-hydroxylation sites is 1. The van der Waals surface area contributed by atoms with Crippen LogP contribution >= 0.6 is 0 Å². The highest BCUT2D eigenvalue weighted by atomic mass is 16.2. The number of benzene rings is 1. The maximum absolute atomic E-state index is 12.0. The molecule has 0 saturated carbocycles. The number of carbonyl (C=O) groups excluding carboxylic acids is 1. The van der Waals surface area contributed by atoms with E-state index in [2.05, 4.69) is 52.1 Å². The zero-order valence-corrected chi connectivity index (χ0v) is 14.5. The molecule has 0 spiro atoms. The molecule has 1 N–H and O–H groups in total. The van der Waals surface area contributed by atoms with E-state index in [-0.39, 0.29) is 5.91 Å². The standard InChI is InChI=1S/C20H20N4O/c1-14-6-4-5-7-19(14)24-15(2)12-18(16(24)3)13-22-23-20(25)17-8-10-21-11-9-17/h4-13H,1-3H3,(H,23,25)/b22-13-. The molecule has 25 heavy (non-hydrogen) atoms. The average Bonchev–Trinajstić information content (AvgIpc) is 2.90. The van der Waals surface area contributed by atoms with Crippen LogP contribution in [0.25, 0.3) is 5.69 Å². The van der Waals surface area contributed by atoms with Crippen LogP contribution in [-0.4, -0.2) is 21.7 Å². The van der Waals surface area contributed by atoms with Crippen molar-refractivity contribution < 1.29 is 4.79 Å². The highest BCUT2D eigenvalue weighted by Crippen LogP contribution is 2.22. The molecule has 126 valence electrons. The van der Waals surface area contributed by atoms with Gasteiger partial charge < -0.3 is 4.57 Å². The fraction of sp³-hybridized carbons (Fsp3) is 0.150. The van der Waals surface area contributed by atoms with Gasteiger partial charge in [0.2, 0.25) is 0 Å². The summed E-state index contributed by atoms with van der Waals surface area (Å²) in [4.78, 5) is 15.9. The second kappa shape index (κ2) is 7.13. The van der Waals surface area contributed by atoms with Gasteiger partial charge in [-0.15, -0.1) is 0 Å². The predicted octanol–water partition coefficient (Wildman–Crippen LogP) is 3.56. The molecule has 0 bridgehead atoms. The van der Waals surface area contributed by atoms with Crippen molar-refractivity contribution in [2.24, 2.45) is 5.10 Å². The van der Waals surface area contributed by atoms with E-state index in [4.69, 9.17) is 0 Å². The van der Waals surface area contributed by atoms with Gasteiger partial charge in [-0.2, -0.15) is 5.10 Å². The van der Waals surface area contributed by atoms with Gasteiger partial charge in [0.1, 0.15) is 0 Å². The Hall–Kier alpha value is -3.21. The fourth-order valence-electron chi connectivity index (χ4n) is 2.83. The van der Waals surface area contributed by atoms with Crippen molar-refractivity contribution >= 4 is 12.1 Å². The van der Waals surface area contributed by atoms with Gasteiger partial charge in [-0.3, -0.25) is 9.78 Å². The molecule has 0 aliphatic heterocycles. The van der Waals surface area contributed by atoms with E-state index in [1.807, 2.05) is 19.1 Å². The van der Waals surface area contributed by atoms with E-state index in [1.54, 1.807) is 30.7 Å². The third kappa shape index (κ3) is 3.50. The van der Waals surface area contributed by atoms with Crippen molar-refractivity contribution in [2.45, 2.75) is 20.8 Å². The zero-order chi connectivity index (χ0) is 17.8. The highest BCUT2D eigenvalue weighted by molar-refractivity contribution is 5.94. The van der Waals surface area contributed by atoms with E-state index >= 15 is 0 Å². The Morgan fingerprint density at radius 3 is 2.56 bits per heavy atom. The lowest BCUT2D eigenvalue weighted by molar-refractivity contribution is 0.0955. The van der Waals surface area contributed by atoms with E-state index in [1.165, 1.54) is 5.56 Å². The number of rotatable bonds is 4. The molecule has 0 atom stereocenters. The van der Waals surface area contributed by atoms with Crippen molar-refractivity contribution in [1.29, 1.82) is 0 Å². The molecule has 1 amide bonds. The molecule has 0 radical (unpaired) electrons. The summed E-state index contributed by atoms with van der Waals surface area (Å²) in [7, 11) is 0. The summed E-state index contributed by atoms with van der Waals surface area (Å²) in [6.45, 7) is 6.20. The quantitative estimate of drug-likeness (QED) is 0.586. The van der Waals surface area contributed by atoms with Gasteiger partial charge in [0.15, 0.2) is 0 Å². The number of aryl methyl sites for hydroxylation is 2. The first kappa shape index (κ1) is 16.6. The Labute approximate surface area is 147 Å². The lowest BCUT2D eigenvalue weighted by Gasteiger charge is -2.12. The topological polar surface area (TPSA) is 59.3 Å². The number of hydrogen-bond acceptors (Lipinski definition) is 3. The van der Waals surface area contributed by atoms with Crippen LogP contribution in [0.2, 0.25) is 0 Å². The molecule has 0 fully saturated rings. The Morgan fingerprint density at radius 2 is 1.84 bits per heavy atom. The van der Waals surface area contributed by atoms with Gasteiger partial charge in [-0.05, 0) is 50.6 Å². The van der Waals surface area contributed by atoms with Gasteiger partial charge in [0.05, 0.1) is 6.21 Å². The SMILES string of the molecule is Cc1ccccc1-n1c(C)cc(/C=N\NC(=O)c2ccncc2)c1C. The fourth-order valence-corrected chi connectivity index (χ4v) is 2.83. The van der Waals surface area contributed by atoms with Crippen LogP contribution in [0.5, 0.6) is 0 Å². The second-order valence-electron chi connectivity index (χ2n) is 5.88. The number of nitrogens with zero attached hydrogens (tertiary/aromatic N) is 3. The van der Waals surface area contributed by atoms with E-state index in [0.717, 1.165) is 22.6 Å². The zero-order valence-electron chi connectivity index (χ0n) is 14.5. The molecule has 0 aliphatic rings. The summed E-state index contributed by atoms with van der Waals surface area (Å²) in [5, 5.41) is 4.09. The summed E-state index contributed by atoms with van der Waals surface area (Å²) in [6, 6.07) is 13.6. The van der Waals surface area contributed by atoms with Crippen LogP contribution in [0.1, 0.15) is 32.9 Å². The van der Waals surface area contributed by atoms with Crippen molar-refractivity contribution in [2.75, 3.05) is 0 Å². The van der Waals surface area contributed by atoms with Crippen LogP contribution < -0.4 is 5.43 Å². The first-order valence-electron chi connectivity index (χ1n) is 8.06. The Bertz CT molecular complexity index is 926. The largest absolute Gasteiger partial charge is 0.318 e. The molecule has 2 aromatic heterocycles. The van der Waals surface area contributed by atoms with E-state index in [0.29, 0.717) is 5.56 Å². The summed E-state index contributed by atoms with van der Waals surface area (Å²) < 4.78 is 2.20. The summed E-state index contributed by atoms with van der Waals surface area (Å²) in [5.41, 5.74) is 8.60. The third-order valence-electron chi connectivity index (χ3n) is 4.14. The maximum atomic E-state index is 12.0. The molecule has 5 heteroatoms. The van der Waals surface area contributed by atoms with Gasteiger partial charge in [0, 0.05) is 40.6 Å². The normalized spacial score (nSPS) is 11.0.